The Morgan fingerprint density at radius 1 is 1.50 bits per heavy atom. The molecule has 0 spiro atoms. The van der Waals surface area contributed by atoms with Crippen LogP contribution in [0.25, 0.3) is 0 Å². The Morgan fingerprint density at radius 2 is 2.25 bits per heavy atom. The monoisotopic (exact) mass is 365 g/mol. The van der Waals surface area contributed by atoms with Crippen molar-refractivity contribution in [1.29, 1.82) is 0 Å². The van der Waals surface area contributed by atoms with Crippen LogP contribution in [0.3, 0.4) is 0 Å². The van der Waals surface area contributed by atoms with Crippen molar-refractivity contribution < 1.29 is 13.2 Å². The molecule has 2 atom stereocenters. The van der Waals surface area contributed by atoms with E-state index < -0.39 is 20.8 Å². The number of nitrogens with one attached hydrogen (secondary N) is 1. The molecule has 6 nitrogen and oxygen atoms in total. The van der Waals surface area contributed by atoms with Crippen LogP contribution in [0.5, 0.6) is 0 Å². The van der Waals surface area contributed by atoms with Crippen molar-refractivity contribution in [1.82, 2.24) is 5.32 Å². The van der Waals surface area contributed by atoms with Gasteiger partial charge in [-0.2, -0.15) is 10.2 Å². The van der Waals surface area contributed by atoms with Gasteiger partial charge in [0, 0.05) is 31.2 Å². The molecule has 1 aromatic heterocycles. The molecule has 0 radical (unpaired) electrons. The predicted octanol–water partition coefficient (Wildman–Crippen LogP) is 2.83. The van der Waals surface area contributed by atoms with Gasteiger partial charge >= 0.3 is 0 Å². The summed E-state index contributed by atoms with van der Waals surface area (Å²) in [4.78, 5) is 12.3. The molecule has 1 aromatic rings. The minimum Gasteiger partial charge on any atom is -0.349 e. The second kappa shape index (κ2) is 6.30. The molecule has 24 heavy (non-hydrogen) atoms. The smallest absolute Gasteiger partial charge is 0.220 e. The van der Waals surface area contributed by atoms with Crippen LogP contribution in [0, 0.1) is 12.3 Å². The maximum Gasteiger partial charge on any atom is 0.220 e. The van der Waals surface area contributed by atoms with Crippen molar-refractivity contribution in [2.45, 2.75) is 60.2 Å². The summed E-state index contributed by atoms with van der Waals surface area (Å²) in [5.74, 6) is 2.45. The number of thiophene rings is 1. The molecule has 0 saturated heterocycles. The van der Waals surface area contributed by atoms with Crippen LogP contribution in [0.15, 0.2) is 25.9 Å². The summed E-state index contributed by atoms with van der Waals surface area (Å²) in [6.07, 6.45) is 7.75. The number of fused-ring (bicyclic) bond motifs is 1. The van der Waals surface area contributed by atoms with Crippen molar-refractivity contribution >= 4 is 27.1 Å². The van der Waals surface area contributed by atoms with E-state index in [0.29, 0.717) is 41.9 Å². The summed E-state index contributed by atoms with van der Waals surface area (Å²) in [5, 5.41) is 12.3. The van der Waals surface area contributed by atoms with Gasteiger partial charge in [-0.1, -0.05) is 0 Å². The summed E-state index contributed by atoms with van der Waals surface area (Å²) in [7, 11) is -3.26. The van der Waals surface area contributed by atoms with Gasteiger partial charge < -0.3 is 5.32 Å². The first-order valence-corrected chi connectivity index (χ1v) is 10.3. The number of carbonyl (C=O) groups excluding carboxylic acids is 1. The number of sulfone groups is 1. The zero-order valence-corrected chi connectivity index (χ0v) is 15.0. The quantitative estimate of drug-likeness (QED) is 0.786. The lowest BCUT2D eigenvalue weighted by Gasteiger charge is -2.28. The van der Waals surface area contributed by atoms with E-state index in [2.05, 4.69) is 21.5 Å². The molecule has 0 aliphatic carbocycles. The second-order valence-corrected chi connectivity index (χ2v) is 9.74. The molecular weight excluding hydrogens is 346 g/mol. The Hall–Kier alpha value is -1.72. The highest BCUT2D eigenvalue weighted by atomic mass is 32.2. The fraction of sp³-hybridized carbons (Fsp3) is 0.562. The van der Waals surface area contributed by atoms with E-state index in [9.17, 15) is 13.2 Å². The van der Waals surface area contributed by atoms with Crippen LogP contribution in [0.1, 0.15) is 50.6 Å². The lowest BCUT2D eigenvalue weighted by Crippen LogP contribution is -2.36. The average molecular weight is 365 g/mol. The topological polar surface area (TPSA) is 88.0 Å². The van der Waals surface area contributed by atoms with Crippen molar-refractivity contribution in [2.24, 2.45) is 10.2 Å². The van der Waals surface area contributed by atoms with E-state index >= 15 is 0 Å². The number of hydrogen-bond acceptors (Lipinski definition) is 6. The molecule has 1 amide bonds. The summed E-state index contributed by atoms with van der Waals surface area (Å²) in [5.41, 5.74) is 0.231. The first kappa shape index (κ1) is 17.1. The fourth-order valence-corrected chi connectivity index (χ4v) is 6.18. The van der Waals surface area contributed by atoms with Crippen LogP contribution in [0.2, 0.25) is 0 Å². The lowest BCUT2D eigenvalue weighted by atomic mass is 10.0. The molecule has 0 aromatic carbocycles. The number of rotatable bonds is 6. The van der Waals surface area contributed by atoms with Gasteiger partial charge in [0.1, 0.15) is 4.21 Å². The third-order valence-corrected chi connectivity index (χ3v) is 8.24. The van der Waals surface area contributed by atoms with Gasteiger partial charge in [-0.25, -0.2) is 8.42 Å². The number of terminal acetylenes is 1. The van der Waals surface area contributed by atoms with Crippen molar-refractivity contribution in [3.8, 4) is 12.3 Å². The first-order valence-electron chi connectivity index (χ1n) is 7.86. The standard InChI is InChI=1S/C16H19N3O3S2/c1-3-4-7-16(18-19-16)8-5-14(20)17-13-10-11(2)24(21,22)15-12(13)6-9-23-15/h1,6,9,11,13H,4-5,7-8,10H2,2H3,(H,17,20)/t11-,13-/m0/s1. The minimum atomic E-state index is -3.26. The van der Waals surface area contributed by atoms with Gasteiger partial charge in [-0.05, 0) is 24.8 Å². The van der Waals surface area contributed by atoms with E-state index in [-0.39, 0.29) is 11.9 Å². The Bertz CT molecular complexity index is 814. The molecule has 0 saturated carbocycles. The average Bonchev–Trinajstić information content (AvgIpc) is 3.12. The lowest BCUT2D eigenvalue weighted by molar-refractivity contribution is -0.122. The van der Waals surface area contributed by atoms with Crippen LogP contribution < -0.4 is 5.32 Å². The van der Waals surface area contributed by atoms with Crippen LogP contribution >= 0.6 is 11.3 Å². The molecular formula is C16H19N3O3S2. The van der Waals surface area contributed by atoms with Gasteiger partial charge in [0.05, 0.1) is 11.3 Å². The Kier molecular flexibility index (Phi) is 4.49. The molecule has 128 valence electrons. The van der Waals surface area contributed by atoms with Gasteiger partial charge in [-0.15, -0.1) is 23.7 Å². The Labute approximate surface area is 145 Å². The van der Waals surface area contributed by atoms with Gasteiger partial charge in [0.2, 0.25) is 5.91 Å². The molecule has 1 N–H and O–H groups in total. The Balaban J connectivity index is 1.61. The number of hydrogen-bond donors (Lipinski definition) is 1. The molecule has 3 heterocycles. The van der Waals surface area contributed by atoms with Crippen LogP contribution in [-0.2, 0) is 14.6 Å². The van der Waals surface area contributed by atoms with Gasteiger partial charge in [-0.3, -0.25) is 4.79 Å². The fourth-order valence-electron chi connectivity index (χ4n) is 2.95. The number of nitrogens with zero attached hydrogens (tertiary/aromatic N) is 2. The van der Waals surface area contributed by atoms with E-state index in [1.807, 2.05) is 0 Å². The summed E-state index contributed by atoms with van der Waals surface area (Å²) >= 11 is 1.22. The Morgan fingerprint density at radius 3 is 2.92 bits per heavy atom. The first-order chi connectivity index (χ1) is 11.4. The molecule has 2 aliphatic rings. The number of amides is 1. The summed E-state index contributed by atoms with van der Waals surface area (Å²) in [6, 6.07) is 1.53. The maximum absolute atomic E-state index is 12.3. The van der Waals surface area contributed by atoms with Crippen LogP contribution in [0.4, 0.5) is 0 Å². The molecule has 8 heteroatoms. The predicted molar refractivity (Wildman–Crippen MR) is 91.4 cm³/mol. The zero-order valence-electron chi connectivity index (χ0n) is 13.4. The molecule has 2 aliphatic heterocycles. The summed E-state index contributed by atoms with van der Waals surface area (Å²) < 4.78 is 25.0. The molecule has 3 rings (SSSR count). The van der Waals surface area contributed by atoms with Crippen molar-refractivity contribution in [2.75, 3.05) is 0 Å². The highest BCUT2D eigenvalue weighted by Gasteiger charge is 2.40. The summed E-state index contributed by atoms with van der Waals surface area (Å²) in [6.45, 7) is 1.69. The van der Waals surface area contributed by atoms with Gasteiger partial charge in [0.25, 0.3) is 0 Å². The molecule has 0 fully saturated rings. The SMILES string of the molecule is C#CCCC1(CCC(=O)N[C@H]2C[C@H](C)S(=O)(=O)c3sccc32)N=N1. The highest BCUT2D eigenvalue weighted by Crippen LogP contribution is 2.40. The highest BCUT2D eigenvalue weighted by molar-refractivity contribution is 7.94. The van der Waals surface area contributed by atoms with E-state index in [4.69, 9.17) is 6.42 Å². The van der Waals surface area contributed by atoms with E-state index in [0.717, 1.165) is 0 Å². The second-order valence-electron chi connectivity index (χ2n) is 6.26. The minimum absolute atomic E-state index is 0.110. The molecule has 0 unspecified atom stereocenters. The van der Waals surface area contributed by atoms with Crippen molar-refractivity contribution in [3.05, 3.63) is 17.0 Å². The third kappa shape index (κ3) is 3.23. The zero-order chi connectivity index (χ0) is 17.4. The van der Waals surface area contributed by atoms with Crippen LogP contribution in [-0.4, -0.2) is 25.2 Å². The largest absolute Gasteiger partial charge is 0.349 e. The van der Waals surface area contributed by atoms with E-state index in [1.165, 1.54) is 11.3 Å². The van der Waals surface area contributed by atoms with E-state index in [1.54, 1.807) is 18.4 Å². The molecule has 0 bridgehead atoms. The van der Waals surface area contributed by atoms with Gasteiger partial charge in [0.15, 0.2) is 15.5 Å². The van der Waals surface area contributed by atoms with Crippen molar-refractivity contribution in [3.63, 3.8) is 0 Å². The normalized spacial score (nSPS) is 25.5. The number of carbonyl (C=O) groups is 1. The third-order valence-electron chi connectivity index (χ3n) is 4.53. The maximum atomic E-state index is 12.3.